The van der Waals surface area contributed by atoms with Gasteiger partial charge in [0.2, 0.25) is 5.91 Å². The van der Waals surface area contributed by atoms with Crippen LogP contribution in [0.3, 0.4) is 0 Å². The molecule has 7 heteroatoms. The Hall–Kier alpha value is -1.93. The molecule has 0 saturated heterocycles. The number of benzene rings is 1. The highest BCUT2D eigenvalue weighted by Crippen LogP contribution is 2.34. The molecule has 192 valence electrons. The summed E-state index contributed by atoms with van der Waals surface area (Å²) in [5.74, 6) is 2.01. The highest BCUT2D eigenvalue weighted by molar-refractivity contribution is 7.10. The molecular weight excluding hydrogens is 460 g/mol. The summed E-state index contributed by atoms with van der Waals surface area (Å²) in [7, 11) is 0. The van der Waals surface area contributed by atoms with Crippen molar-refractivity contribution in [2.24, 2.45) is 11.8 Å². The third kappa shape index (κ3) is 7.78. The summed E-state index contributed by atoms with van der Waals surface area (Å²) in [5, 5.41) is 12.7. The van der Waals surface area contributed by atoms with Crippen LogP contribution < -0.4 is 4.74 Å². The van der Waals surface area contributed by atoms with Crippen molar-refractivity contribution in [2.75, 3.05) is 46.0 Å². The lowest BCUT2D eigenvalue weighted by atomic mass is 10.0. The topological polar surface area (TPSA) is 62.2 Å². The number of rotatable bonds is 13. The Labute approximate surface area is 213 Å². The molecule has 6 nitrogen and oxygen atoms in total. The summed E-state index contributed by atoms with van der Waals surface area (Å²) in [6.07, 6.45) is 2.71. The van der Waals surface area contributed by atoms with Gasteiger partial charge < -0.3 is 19.5 Å². The van der Waals surface area contributed by atoms with Crippen molar-refractivity contribution >= 4 is 17.2 Å². The molecule has 2 atom stereocenters. The number of carbonyl (C=O) groups excluding carboxylic acids is 1. The average Bonchev–Trinajstić information content (AvgIpc) is 3.49. The van der Waals surface area contributed by atoms with E-state index >= 15 is 0 Å². The lowest BCUT2D eigenvalue weighted by Gasteiger charge is -2.37. The maximum atomic E-state index is 13.6. The fourth-order valence-corrected chi connectivity index (χ4v) is 5.62. The minimum Gasteiger partial charge on any atom is -0.491 e. The Morgan fingerprint density at radius 3 is 2.83 bits per heavy atom. The van der Waals surface area contributed by atoms with Gasteiger partial charge >= 0.3 is 0 Å². The van der Waals surface area contributed by atoms with Gasteiger partial charge in [-0.2, -0.15) is 0 Å². The van der Waals surface area contributed by atoms with E-state index < -0.39 is 6.10 Å². The van der Waals surface area contributed by atoms with E-state index in [1.54, 1.807) is 11.3 Å². The number of ether oxygens (including phenoxy) is 2. The van der Waals surface area contributed by atoms with Crippen LogP contribution in [0.25, 0.3) is 0 Å². The number of aliphatic hydroxyl groups excluding tert-OH is 1. The van der Waals surface area contributed by atoms with Crippen LogP contribution in [0.5, 0.6) is 5.75 Å². The van der Waals surface area contributed by atoms with Crippen LogP contribution in [-0.2, 0) is 16.0 Å². The largest absolute Gasteiger partial charge is 0.491 e. The second kappa shape index (κ2) is 12.3. The molecule has 2 aromatic rings. The Bertz CT molecular complexity index is 958. The number of carbonyl (C=O) groups is 1. The van der Waals surface area contributed by atoms with Crippen LogP contribution in [0.4, 0.5) is 0 Å². The van der Waals surface area contributed by atoms with E-state index in [1.165, 1.54) is 23.3 Å². The molecule has 1 aliphatic carbocycles. The van der Waals surface area contributed by atoms with Gasteiger partial charge in [0.05, 0.1) is 25.3 Å². The van der Waals surface area contributed by atoms with E-state index in [0.717, 1.165) is 24.3 Å². The Morgan fingerprint density at radius 1 is 1.26 bits per heavy atom. The van der Waals surface area contributed by atoms with Crippen molar-refractivity contribution in [3.8, 4) is 5.75 Å². The number of nitrogens with zero attached hydrogens (tertiary/aromatic N) is 2. The van der Waals surface area contributed by atoms with Gasteiger partial charge in [-0.15, -0.1) is 11.3 Å². The number of amides is 1. The molecule has 2 aliphatic rings. The molecule has 1 aliphatic heterocycles. The van der Waals surface area contributed by atoms with Gasteiger partial charge in [-0.3, -0.25) is 9.69 Å². The first-order valence-electron chi connectivity index (χ1n) is 12.9. The van der Waals surface area contributed by atoms with Gasteiger partial charge in [0.1, 0.15) is 12.4 Å². The molecule has 1 aromatic heterocycles. The maximum Gasteiger partial charge on any atom is 0.237 e. The van der Waals surface area contributed by atoms with E-state index in [1.807, 2.05) is 23.1 Å². The SMILES string of the molecule is Cc1cccc(OCC2c3ccsc3CCN2C(=O)CN(CC(O)COCC(C)C)CC2CC2)c1. The minimum atomic E-state index is -0.592. The number of fused-ring (bicyclic) bond motifs is 1. The molecule has 0 radical (unpaired) electrons. The zero-order valence-corrected chi connectivity index (χ0v) is 22.1. The Balaban J connectivity index is 1.40. The van der Waals surface area contributed by atoms with Crippen molar-refractivity contribution in [3.63, 3.8) is 0 Å². The number of hydrogen-bond donors (Lipinski definition) is 1. The molecule has 4 rings (SSSR count). The predicted octanol–water partition coefficient (Wildman–Crippen LogP) is 4.31. The molecule has 35 heavy (non-hydrogen) atoms. The van der Waals surface area contributed by atoms with Crippen molar-refractivity contribution in [1.82, 2.24) is 9.80 Å². The molecule has 1 amide bonds. The van der Waals surface area contributed by atoms with Crippen LogP contribution in [0.1, 0.15) is 48.7 Å². The molecule has 1 saturated carbocycles. The normalized spacial score (nSPS) is 18.7. The first kappa shape index (κ1) is 26.1. The summed E-state index contributed by atoms with van der Waals surface area (Å²) in [4.78, 5) is 19.1. The second-order valence-corrected chi connectivity index (χ2v) is 11.5. The molecule has 2 unspecified atom stereocenters. The van der Waals surface area contributed by atoms with Crippen LogP contribution in [0, 0.1) is 18.8 Å². The molecule has 0 spiro atoms. The van der Waals surface area contributed by atoms with Crippen LogP contribution in [0.2, 0.25) is 0 Å². The molecule has 2 heterocycles. The lowest BCUT2D eigenvalue weighted by Crippen LogP contribution is -2.48. The summed E-state index contributed by atoms with van der Waals surface area (Å²) in [6, 6.07) is 10.1. The number of aryl methyl sites for hydroxylation is 1. The summed E-state index contributed by atoms with van der Waals surface area (Å²) in [5.41, 5.74) is 2.36. The van der Waals surface area contributed by atoms with Gasteiger partial charge in [-0.25, -0.2) is 0 Å². The highest BCUT2D eigenvalue weighted by atomic mass is 32.1. The average molecular weight is 501 g/mol. The maximum absolute atomic E-state index is 13.6. The first-order chi connectivity index (χ1) is 16.9. The molecule has 1 N–H and O–H groups in total. The van der Waals surface area contributed by atoms with Crippen LogP contribution in [-0.4, -0.2) is 72.9 Å². The van der Waals surface area contributed by atoms with Gasteiger partial charge in [0.15, 0.2) is 0 Å². The predicted molar refractivity (Wildman–Crippen MR) is 140 cm³/mol. The van der Waals surface area contributed by atoms with Crippen molar-refractivity contribution in [3.05, 3.63) is 51.7 Å². The third-order valence-corrected chi connectivity index (χ3v) is 7.61. The van der Waals surface area contributed by atoms with Crippen molar-refractivity contribution < 1.29 is 19.4 Å². The zero-order chi connectivity index (χ0) is 24.8. The number of thiophene rings is 1. The lowest BCUT2D eigenvalue weighted by molar-refractivity contribution is -0.136. The fraction of sp³-hybridized carbons (Fsp3) is 0.607. The van der Waals surface area contributed by atoms with E-state index in [4.69, 9.17) is 9.47 Å². The number of aliphatic hydroxyl groups is 1. The fourth-order valence-electron chi connectivity index (χ4n) is 4.70. The van der Waals surface area contributed by atoms with E-state index in [-0.39, 0.29) is 11.9 Å². The van der Waals surface area contributed by atoms with Crippen LogP contribution >= 0.6 is 11.3 Å². The van der Waals surface area contributed by atoms with Gasteiger partial charge in [-0.05, 0) is 72.7 Å². The third-order valence-electron chi connectivity index (χ3n) is 6.62. The van der Waals surface area contributed by atoms with Crippen LogP contribution in [0.15, 0.2) is 35.7 Å². The number of hydrogen-bond acceptors (Lipinski definition) is 6. The summed E-state index contributed by atoms with van der Waals surface area (Å²) in [6.45, 7) is 9.97. The van der Waals surface area contributed by atoms with E-state index in [0.29, 0.717) is 51.3 Å². The standard InChI is InChI=1S/C28H40N2O4S/c1-20(2)17-33-18-23(31)15-29(14-22-7-8-22)16-28(32)30-11-9-27-25(10-12-35-27)26(30)19-34-24-6-4-5-21(3)13-24/h4-6,10,12-13,20,22-23,26,31H,7-9,11,14-19H2,1-3H3. The zero-order valence-electron chi connectivity index (χ0n) is 21.3. The quantitative estimate of drug-likeness (QED) is 0.444. The summed E-state index contributed by atoms with van der Waals surface area (Å²) >= 11 is 1.76. The summed E-state index contributed by atoms with van der Waals surface area (Å²) < 4.78 is 11.8. The van der Waals surface area contributed by atoms with Crippen molar-refractivity contribution in [2.45, 2.75) is 52.2 Å². The van der Waals surface area contributed by atoms with E-state index in [2.05, 4.69) is 43.2 Å². The minimum absolute atomic E-state index is 0.0971. The first-order valence-corrected chi connectivity index (χ1v) is 13.8. The molecule has 1 aromatic carbocycles. The highest BCUT2D eigenvalue weighted by Gasteiger charge is 2.34. The van der Waals surface area contributed by atoms with Gasteiger partial charge in [0, 0.05) is 31.1 Å². The van der Waals surface area contributed by atoms with Gasteiger partial charge in [-0.1, -0.05) is 26.0 Å². The van der Waals surface area contributed by atoms with Crippen molar-refractivity contribution in [1.29, 1.82) is 0 Å². The Morgan fingerprint density at radius 2 is 2.09 bits per heavy atom. The molecular formula is C28H40N2O4S. The Kier molecular flexibility index (Phi) is 9.22. The monoisotopic (exact) mass is 500 g/mol. The smallest absolute Gasteiger partial charge is 0.237 e. The van der Waals surface area contributed by atoms with E-state index in [9.17, 15) is 9.90 Å². The second-order valence-electron chi connectivity index (χ2n) is 10.5. The molecule has 0 bridgehead atoms. The van der Waals surface area contributed by atoms with Gasteiger partial charge in [0.25, 0.3) is 0 Å². The molecule has 1 fully saturated rings.